The zero-order chi connectivity index (χ0) is 19.7. The minimum atomic E-state index is -0.0275. The molecule has 1 atom stereocenters. The predicted molar refractivity (Wildman–Crippen MR) is 112 cm³/mol. The zero-order valence-electron chi connectivity index (χ0n) is 17.0. The first-order chi connectivity index (χ1) is 13.5. The lowest BCUT2D eigenvalue weighted by molar-refractivity contribution is -0.138. The van der Waals surface area contributed by atoms with Crippen LogP contribution in [0.5, 0.6) is 0 Å². The second-order valence-corrected chi connectivity index (χ2v) is 8.45. The Hall–Kier alpha value is -2.63. The molecule has 148 valence electrons. The highest BCUT2D eigenvalue weighted by molar-refractivity contribution is 5.84. The zero-order valence-corrected chi connectivity index (χ0v) is 17.0. The number of likely N-dealkylation sites (tertiary alicyclic amines) is 1. The lowest BCUT2D eigenvalue weighted by atomic mass is 9.68. The summed E-state index contributed by atoms with van der Waals surface area (Å²) in [6.45, 7) is 2.75. The molecule has 1 aromatic heterocycles. The quantitative estimate of drug-likeness (QED) is 0.821. The third-order valence-electron chi connectivity index (χ3n) is 6.29. The molecule has 1 spiro atoms. The smallest absolute Gasteiger partial charge is 0.229 e. The fraction of sp³-hybridized carbons (Fsp3) is 0.500. The van der Waals surface area contributed by atoms with Gasteiger partial charge in [0.2, 0.25) is 5.91 Å². The summed E-state index contributed by atoms with van der Waals surface area (Å²) in [5, 5.41) is 0. The second-order valence-electron chi connectivity index (χ2n) is 8.45. The van der Waals surface area contributed by atoms with Crippen LogP contribution in [0.2, 0.25) is 0 Å². The number of amides is 1. The minimum absolute atomic E-state index is 0.0275. The van der Waals surface area contributed by atoms with Crippen LogP contribution in [-0.4, -0.2) is 61.6 Å². The van der Waals surface area contributed by atoms with Crippen molar-refractivity contribution in [2.75, 3.05) is 50.6 Å². The number of hydrogen-bond acceptors (Lipinski definition) is 5. The van der Waals surface area contributed by atoms with Crippen LogP contribution in [0, 0.1) is 5.41 Å². The van der Waals surface area contributed by atoms with E-state index in [1.165, 1.54) is 0 Å². The maximum atomic E-state index is 12.8. The largest absolute Gasteiger partial charge is 0.360 e. The predicted octanol–water partition coefficient (Wildman–Crippen LogP) is 2.78. The van der Waals surface area contributed by atoms with E-state index in [1.54, 1.807) is 12.4 Å². The van der Waals surface area contributed by atoms with Crippen molar-refractivity contribution in [1.82, 2.24) is 14.9 Å². The third kappa shape index (κ3) is 3.43. The van der Waals surface area contributed by atoms with Crippen molar-refractivity contribution in [3.8, 4) is 0 Å². The molecule has 2 aliphatic rings. The number of carbonyl (C=O) groups excluding carboxylic acids is 1. The van der Waals surface area contributed by atoms with Gasteiger partial charge in [0.25, 0.3) is 0 Å². The van der Waals surface area contributed by atoms with Gasteiger partial charge in [0.15, 0.2) is 11.6 Å². The van der Waals surface area contributed by atoms with E-state index >= 15 is 0 Å². The number of benzene rings is 1. The maximum Gasteiger partial charge on any atom is 0.229 e. The van der Waals surface area contributed by atoms with Crippen molar-refractivity contribution in [2.45, 2.75) is 25.2 Å². The fourth-order valence-corrected chi connectivity index (χ4v) is 4.79. The van der Waals surface area contributed by atoms with Gasteiger partial charge in [-0.2, -0.15) is 0 Å². The summed E-state index contributed by atoms with van der Waals surface area (Å²) in [6, 6.07) is 10.3. The van der Waals surface area contributed by atoms with E-state index in [9.17, 15) is 4.79 Å². The van der Waals surface area contributed by atoms with E-state index in [4.69, 9.17) is 0 Å². The summed E-state index contributed by atoms with van der Waals surface area (Å²) in [5.74, 6) is 2.10. The topological polar surface area (TPSA) is 52.6 Å². The fourth-order valence-electron chi connectivity index (χ4n) is 4.79. The third-order valence-corrected chi connectivity index (χ3v) is 6.29. The standard InChI is InChI=1S/C22H29N5O/c1-25(2)19-20(24-12-11-23-19)27-13-9-22(10-14-27)15-18(21(28)26(3)16-22)17-7-5-4-6-8-17/h4-8,11-12,18H,9-10,13-16H2,1-3H3/t18-/m0/s1. The molecule has 1 aromatic carbocycles. The van der Waals surface area contributed by atoms with Crippen LogP contribution in [0.3, 0.4) is 0 Å². The number of anilines is 2. The Bertz CT molecular complexity index is 830. The van der Waals surface area contributed by atoms with Crippen LogP contribution in [-0.2, 0) is 4.79 Å². The van der Waals surface area contributed by atoms with Gasteiger partial charge in [0.1, 0.15) is 0 Å². The molecule has 28 heavy (non-hydrogen) atoms. The number of piperidine rings is 2. The normalized spacial score (nSPS) is 21.8. The Morgan fingerprint density at radius 1 is 1.07 bits per heavy atom. The van der Waals surface area contributed by atoms with E-state index in [2.05, 4.69) is 27.0 Å². The molecule has 2 fully saturated rings. The Balaban J connectivity index is 1.53. The van der Waals surface area contributed by atoms with Crippen molar-refractivity contribution >= 4 is 17.5 Å². The Kier molecular flexibility index (Phi) is 4.96. The van der Waals surface area contributed by atoms with Gasteiger partial charge >= 0.3 is 0 Å². The Morgan fingerprint density at radius 2 is 1.75 bits per heavy atom. The lowest BCUT2D eigenvalue weighted by Crippen LogP contribution is -2.53. The molecule has 6 heteroatoms. The molecule has 0 bridgehead atoms. The number of carbonyl (C=O) groups is 1. The first-order valence-corrected chi connectivity index (χ1v) is 10.0. The van der Waals surface area contributed by atoms with Crippen LogP contribution in [0.4, 0.5) is 11.6 Å². The molecule has 0 aliphatic carbocycles. The first kappa shape index (κ1) is 18.7. The van der Waals surface area contributed by atoms with Gasteiger partial charge in [-0.05, 0) is 30.2 Å². The minimum Gasteiger partial charge on any atom is -0.360 e. The van der Waals surface area contributed by atoms with E-state index in [0.29, 0.717) is 0 Å². The van der Waals surface area contributed by atoms with E-state index < -0.39 is 0 Å². The molecule has 0 unspecified atom stereocenters. The monoisotopic (exact) mass is 379 g/mol. The average Bonchev–Trinajstić information content (AvgIpc) is 2.72. The van der Waals surface area contributed by atoms with Crippen molar-refractivity contribution in [2.24, 2.45) is 5.41 Å². The number of nitrogens with zero attached hydrogens (tertiary/aromatic N) is 5. The molecule has 2 aliphatic heterocycles. The lowest BCUT2D eigenvalue weighted by Gasteiger charge is -2.49. The van der Waals surface area contributed by atoms with Crippen LogP contribution in [0.1, 0.15) is 30.7 Å². The molecule has 0 radical (unpaired) electrons. The number of rotatable bonds is 3. The summed E-state index contributed by atoms with van der Waals surface area (Å²) in [4.78, 5) is 28.3. The van der Waals surface area contributed by atoms with Crippen molar-refractivity contribution in [3.63, 3.8) is 0 Å². The maximum absolute atomic E-state index is 12.8. The molecule has 6 nitrogen and oxygen atoms in total. The van der Waals surface area contributed by atoms with E-state index in [1.807, 2.05) is 49.1 Å². The van der Waals surface area contributed by atoms with Crippen molar-refractivity contribution in [1.29, 1.82) is 0 Å². The SMILES string of the molecule is CN1CC2(CCN(c3nccnc3N(C)C)CC2)C[C@@H](c2ccccc2)C1=O. The second kappa shape index (κ2) is 7.41. The van der Waals surface area contributed by atoms with Crippen LogP contribution in [0.25, 0.3) is 0 Å². The van der Waals surface area contributed by atoms with Crippen molar-refractivity contribution < 1.29 is 4.79 Å². The van der Waals surface area contributed by atoms with Crippen LogP contribution < -0.4 is 9.80 Å². The summed E-state index contributed by atoms with van der Waals surface area (Å²) in [5.41, 5.74) is 1.32. The van der Waals surface area contributed by atoms with Gasteiger partial charge < -0.3 is 14.7 Å². The molecule has 0 saturated carbocycles. The highest BCUT2D eigenvalue weighted by Gasteiger charge is 2.45. The van der Waals surface area contributed by atoms with Crippen LogP contribution in [0.15, 0.2) is 42.7 Å². The summed E-state index contributed by atoms with van der Waals surface area (Å²) < 4.78 is 0. The van der Waals surface area contributed by atoms with Gasteiger partial charge in [0.05, 0.1) is 5.92 Å². The Labute approximate surface area is 167 Å². The highest BCUT2D eigenvalue weighted by Crippen LogP contribution is 2.46. The van der Waals surface area contributed by atoms with Gasteiger partial charge in [0, 0.05) is 53.2 Å². The molecule has 1 amide bonds. The summed E-state index contributed by atoms with van der Waals surface area (Å²) >= 11 is 0. The van der Waals surface area contributed by atoms with E-state index in [0.717, 1.165) is 56.1 Å². The molecular weight excluding hydrogens is 350 g/mol. The van der Waals surface area contributed by atoms with Crippen LogP contribution >= 0.6 is 0 Å². The highest BCUT2D eigenvalue weighted by atomic mass is 16.2. The number of hydrogen-bond donors (Lipinski definition) is 0. The number of likely N-dealkylation sites (N-methyl/N-ethyl adjacent to an activating group) is 1. The van der Waals surface area contributed by atoms with Crippen molar-refractivity contribution in [3.05, 3.63) is 48.3 Å². The molecule has 2 aromatic rings. The van der Waals surface area contributed by atoms with Gasteiger partial charge in [-0.25, -0.2) is 9.97 Å². The average molecular weight is 380 g/mol. The summed E-state index contributed by atoms with van der Waals surface area (Å²) in [6.07, 6.45) is 6.59. The van der Waals surface area contributed by atoms with E-state index in [-0.39, 0.29) is 17.2 Å². The number of aromatic nitrogens is 2. The van der Waals surface area contributed by atoms with Gasteiger partial charge in [-0.1, -0.05) is 30.3 Å². The van der Waals surface area contributed by atoms with Gasteiger partial charge in [-0.15, -0.1) is 0 Å². The van der Waals surface area contributed by atoms with Gasteiger partial charge in [-0.3, -0.25) is 4.79 Å². The molecule has 0 N–H and O–H groups in total. The molecule has 4 rings (SSSR count). The molecule has 2 saturated heterocycles. The summed E-state index contributed by atoms with van der Waals surface area (Å²) in [7, 11) is 5.97. The molecular formula is C22H29N5O. The Morgan fingerprint density at radius 3 is 2.43 bits per heavy atom. The molecule has 3 heterocycles. The first-order valence-electron chi connectivity index (χ1n) is 10.0.